The van der Waals surface area contributed by atoms with Crippen molar-refractivity contribution in [2.75, 3.05) is 5.43 Å². The van der Waals surface area contributed by atoms with Crippen LogP contribution in [0, 0.1) is 23.7 Å². The number of nitrogens with two attached hydrogens (primary N) is 1. The topological polar surface area (TPSA) is 124 Å². The summed E-state index contributed by atoms with van der Waals surface area (Å²) in [6.07, 6.45) is 0. The molecule has 0 radical (unpaired) electrons. The van der Waals surface area contributed by atoms with Gasteiger partial charge in [0.15, 0.2) is 5.84 Å². The molecule has 0 saturated heterocycles. The minimum Gasteiger partial charge on any atom is -0.423 e. The number of nitriles is 1. The molecule has 0 saturated carbocycles. The summed E-state index contributed by atoms with van der Waals surface area (Å²) in [5.74, 6) is -0.617. The fourth-order valence-electron chi connectivity index (χ4n) is 1.79. The predicted molar refractivity (Wildman–Crippen MR) is 91.2 cm³/mol. The van der Waals surface area contributed by atoms with E-state index in [2.05, 4.69) is 10.5 Å². The molecule has 0 heterocycles. The molecule has 2 aromatic carbocycles. The van der Waals surface area contributed by atoms with E-state index >= 15 is 0 Å². The second-order valence-corrected chi connectivity index (χ2v) is 4.85. The Bertz CT molecular complexity index is 835. The van der Waals surface area contributed by atoms with Crippen LogP contribution in [0.4, 0.5) is 5.69 Å². The number of hydrogen-bond acceptors (Lipinski definition) is 6. The maximum absolute atomic E-state index is 12.3. The fraction of sp³-hybridized carbons (Fsp3) is 0.0588. The maximum Gasteiger partial charge on any atom is 0.345 e. The molecule has 120 valence electrons. The van der Waals surface area contributed by atoms with E-state index in [1.165, 1.54) is 0 Å². The molecule has 7 nitrogen and oxygen atoms in total. The van der Waals surface area contributed by atoms with Crippen molar-refractivity contribution in [3.63, 3.8) is 0 Å². The highest BCUT2D eigenvalue weighted by Gasteiger charge is 2.13. The number of aryl methyl sites for hydroxylation is 1. The van der Waals surface area contributed by atoms with Gasteiger partial charge in [-0.2, -0.15) is 10.4 Å². The van der Waals surface area contributed by atoms with E-state index in [1.807, 2.05) is 19.1 Å². The minimum atomic E-state index is -0.571. The van der Waals surface area contributed by atoms with Gasteiger partial charge in [0.05, 0.1) is 11.3 Å². The number of benzene rings is 2. The molecule has 0 aliphatic carbocycles. The number of esters is 1. The third kappa shape index (κ3) is 4.18. The molecule has 0 aromatic heterocycles. The van der Waals surface area contributed by atoms with E-state index in [0.717, 1.165) is 5.56 Å². The lowest BCUT2D eigenvalue weighted by Gasteiger charge is -2.09. The van der Waals surface area contributed by atoms with Crippen LogP contribution in [0.1, 0.15) is 15.9 Å². The lowest BCUT2D eigenvalue weighted by molar-refractivity contribution is 0.0735. The molecule has 0 unspecified atom stereocenters. The molecule has 7 heteroatoms. The first-order valence-corrected chi connectivity index (χ1v) is 6.97. The third-order valence-electron chi connectivity index (χ3n) is 3.03. The molecule has 0 amide bonds. The fourth-order valence-corrected chi connectivity index (χ4v) is 1.79. The summed E-state index contributed by atoms with van der Waals surface area (Å²) in [4.78, 5) is 12.3. The van der Waals surface area contributed by atoms with Crippen LogP contribution in [0.5, 0.6) is 5.75 Å². The highest BCUT2D eigenvalue weighted by Crippen LogP contribution is 2.19. The Hall–Kier alpha value is -3.66. The van der Waals surface area contributed by atoms with Gasteiger partial charge in [-0.1, -0.05) is 29.8 Å². The number of amidine groups is 1. The zero-order valence-electron chi connectivity index (χ0n) is 12.9. The van der Waals surface area contributed by atoms with Crippen molar-refractivity contribution in [3.8, 4) is 11.8 Å². The van der Waals surface area contributed by atoms with Crippen molar-refractivity contribution < 1.29 is 9.53 Å². The number of hydrogen-bond donors (Lipinski definition) is 3. The number of nitrogens with one attached hydrogen (secondary N) is 2. The van der Waals surface area contributed by atoms with E-state index in [1.54, 1.807) is 42.5 Å². The van der Waals surface area contributed by atoms with Crippen LogP contribution in [0.25, 0.3) is 0 Å². The molecular weight excluding hydrogens is 306 g/mol. The summed E-state index contributed by atoms with van der Waals surface area (Å²) in [6, 6.07) is 15.3. The normalized spacial score (nSPS) is 10.6. The Morgan fingerprint density at radius 1 is 1.25 bits per heavy atom. The smallest absolute Gasteiger partial charge is 0.345 e. The Labute approximate surface area is 138 Å². The average molecular weight is 321 g/mol. The zero-order chi connectivity index (χ0) is 17.5. The standard InChI is InChI=1S/C17H15N5O2/c1-11-6-8-12(9-7-11)24-17(23)13-4-2-3-5-14(13)21-22-15(10-18)16(19)20/h2-9,21H,1H3,(H3,19,20)/b22-15+. The molecule has 24 heavy (non-hydrogen) atoms. The number of nitrogens with zero attached hydrogens (tertiary/aromatic N) is 2. The monoisotopic (exact) mass is 321 g/mol. The SMILES string of the molecule is Cc1ccc(OC(=O)c2ccccc2N/N=C(\C#N)C(=N)N)cc1. The van der Waals surface area contributed by atoms with Crippen LogP contribution in [0.3, 0.4) is 0 Å². The van der Waals surface area contributed by atoms with Crippen molar-refractivity contribution >= 4 is 23.2 Å². The predicted octanol–water partition coefficient (Wildman–Crippen LogP) is 2.44. The van der Waals surface area contributed by atoms with E-state index in [9.17, 15) is 4.79 Å². The van der Waals surface area contributed by atoms with Gasteiger partial charge < -0.3 is 10.5 Å². The lowest BCUT2D eigenvalue weighted by Crippen LogP contribution is -2.22. The Morgan fingerprint density at radius 3 is 2.54 bits per heavy atom. The van der Waals surface area contributed by atoms with Crippen molar-refractivity contribution in [2.24, 2.45) is 10.8 Å². The van der Waals surface area contributed by atoms with Gasteiger partial charge in [-0.15, -0.1) is 0 Å². The maximum atomic E-state index is 12.3. The Balaban J connectivity index is 2.22. The van der Waals surface area contributed by atoms with Gasteiger partial charge in [0.2, 0.25) is 5.71 Å². The summed E-state index contributed by atoms with van der Waals surface area (Å²) in [5.41, 5.74) is 9.14. The summed E-state index contributed by atoms with van der Waals surface area (Å²) in [6.45, 7) is 1.94. The van der Waals surface area contributed by atoms with Gasteiger partial charge in [0, 0.05) is 0 Å². The Morgan fingerprint density at radius 2 is 1.92 bits per heavy atom. The van der Waals surface area contributed by atoms with Gasteiger partial charge >= 0.3 is 5.97 Å². The highest BCUT2D eigenvalue weighted by molar-refractivity contribution is 6.45. The number of anilines is 1. The van der Waals surface area contributed by atoms with E-state index in [-0.39, 0.29) is 11.3 Å². The van der Waals surface area contributed by atoms with Gasteiger partial charge in [-0.25, -0.2) is 4.79 Å². The van der Waals surface area contributed by atoms with Crippen molar-refractivity contribution in [3.05, 3.63) is 59.7 Å². The zero-order valence-corrected chi connectivity index (χ0v) is 12.9. The Kier molecular flexibility index (Phi) is 5.26. The summed E-state index contributed by atoms with van der Waals surface area (Å²) < 4.78 is 5.32. The lowest BCUT2D eigenvalue weighted by atomic mass is 10.2. The average Bonchev–Trinajstić information content (AvgIpc) is 2.57. The van der Waals surface area contributed by atoms with E-state index in [0.29, 0.717) is 11.4 Å². The van der Waals surface area contributed by atoms with E-state index < -0.39 is 11.8 Å². The van der Waals surface area contributed by atoms with Crippen LogP contribution in [0.2, 0.25) is 0 Å². The van der Waals surface area contributed by atoms with Crippen LogP contribution >= 0.6 is 0 Å². The number of hydrazone groups is 1. The van der Waals surface area contributed by atoms with Crippen LogP contribution in [-0.4, -0.2) is 17.5 Å². The molecule has 2 aromatic rings. The second-order valence-electron chi connectivity index (χ2n) is 4.85. The van der Waals surface area contributed by atoms with E-state index in [4.69, 9.17) is 21.1 Å². The van der Waals surface area contributed by atoms with Crippen molar-refractivity contribution in [1.82, 2.24) is 0 Å². The first-order chi connectivity index (χ1) is 11.5. The number of carbonyl (C=O) groups is 1. The van der Waals surface area contributed by atoms with Gasteiger partial charge in [-0.05, 0) is 31.2 Å². The number of rotatable bonds is 5. The molecule has 4 N–H and O–H groups in total. The number of ether oxygens (including phenoxy) is 1. The summed E-state index contributed by atoms with van der Waals surface area (Å²) >= 11 is 0. The number of para-hydroxylation sites is 1. The first-order valence-electron chi connectivity index (χ1n) is 6.97. The van der Waals surface area contributed by atoms with Gasteiger partial charge in [-0.3, -0.25) is 10.8 Å². The molecular formula is C17H15N5O2. The molecule has 0 spiro atoms. The first kappa shape index (κ1) is 16.7. The van der Waals surface area contributed by atoms with Crippen molar-refractivity contribution in [1.29, 1.82) is 10.7 Å². The highest BCUT2D eigenvalue weighted by atomic mass is 16.5. The van der Waals surface area contributed by atoms with Crippen LogP contribution in [-0.2, 0) is 0 Å². The van der Waals surface area contributed by atoms with Crippen molar-refractivity contribution in [2.45, 2.75) is 6.92 Å². The second kappa shape index (κ2) is 7.56. The minimum absolute atomic E-state index is 0.239. The molecule has 0 atom stereocenters. The number of carbonyl (C=O) groups excluding carboxylic acids is 1. The summed E-state index contributed by atoms with van der Waals surface area (Å²) in [5, 5.41) is 19.8. The third-order valence-corrected chi connectivity index (χ3v) is 3.03. The quantitative estimate of drug-likeness (QED) is 0.256. The molecule has 2 rings (SSSR count). The molecule has 0 bridgehead atoms. The molecule has 0 aliphatic rings. The largest absolute Gasteiger partial charge is 0.423 e. The molecule has 0 aliphatic heterocycles. The van der Waals surface area contributed by atoms with Crippen LogP contribution in [0.15, 0.2) is 53.6 Å². The van der Waals surface area contributed by atoms with Crippen LogP contribution < -0.4 is 15.9 Å². The van der Waals surface area contributed by atoms with Gasteiger partial charge in [0.1, 0.15) is 11.8 Å². The van der Waals surface area contributed by atoms with Gasteiger partial charge in [0.25, 0.3) is 0 Å². The summed E-state index contributed by atoms with van der Waals surface area (Å²) in [7, 11) is 0. The molecule has 0 fully saturated rings.